The second-order valence-corrected chi connectivity index (χ2v) is 9.63. The van der Waals surface area contributed by atoms with Crippen molar-refractivity contribution in [2.75, 3.05) is 30.0 Å². The molecule has 1 aromatic carbocycles. The van der Waals surface area contributed by atoms with Crippen LogP contribution in [-0.4, -0.2) is 60.7 Å². The third-order valence-electron chi connectivity index (χ3n) is 5.93. The highest BCUT2D eigenvalue weighted by atomic mass is 32.2. The third-order valence-corrected chi connectivity index (χ3v) is 6.89. The zero-order valence-electron chi connectivity index (χ0n) is 18.7. The molecule has 170 valence electrons. The lowest BCUT2D eigenvalue weighted by Crippen LogP contribution is -2.64. The Bertz CT molecular complexity index is 1330. The van der Waals surface area contributed by atoms with E-state index in [0.717, 1.165) is 0 Å². The van der Waals surface area contributed by atoms with Crippen LogP contribution in [0.1, 0.15) is 26.3 Å². The molecule has 2 aromatic heterocycles. The van der Waals surface area contributed by atoms with Gasteiger partial charge in [-0.1, -0.05) is 0 Å². The molecule has 1 aliphatic heterocycles. The maximum Gasteiger partial charge on any atom is 0.252 e. The minimum absolute atomic E-state index is 0.177. The van der Waals surface area contributed by atoms with Gasteiger partial charge in [-0.15, -0.1) is 0 Å². The van der Waals surface area contributed by atoms with E-state index in [-0.39, 0.29) is 24.2 Å². The molecule has 2 amide bonds. The Morgan fingerprint density at radius 1 is 1.30 bits per heavy atom. The molecule has 2 N–H and O–H groups in total. The van der Waals surface area contributed by atoms with Gasteiger partial charge in [-0.05, 0) is 49.3 Å². The highest BCUT2D eigenvalue weighted by molar-refractivity contribution is 7.90. The number of carbonyl (C=O) groups excluding carboxylic acids is 2. The van der Waals surface area contributed by atoms with Crippen molar-refractivity contribution in [2.45, 2.75) is 31.2 Å². The highest BCUT2D eigenvalue weighted by Gasteiger charge is 2.44. The van der Waals surface area contributed by atoms with E-state index < -0.39 is 16.7 Å². The number of benzene rings is 1. The highest BCUT2D eigenvalue weighted by Crippen LogP contribution is 2.36. The monoisotopic (exact) mass is 465 g/mol. The van der Waals surface area contributed by atoms with Crippen LogP contribution in [0.3, 0.4) is 0 Å². The van der Waals surface area contributed by atoms with E-state index in [1.54, 1.807) is 49.3 Å². The van der Waals surface area contributed by atoms with Crippen molar-refractivity contribution in [3.05, 3.63) is 36.2 Å². The van der Waals surface area contributed by atoms with Crippen LogP contribution in [0.25, 0.3) is 16.8 Å². The Morgan fingerprint density at radius 2 is 2.03 bits per heavy atom. The molecule has 1 aliphatic rings. The largest absolute Gasteiger partial charge is 0.612 e. The predicted octanol–water partition coefficient (Wildman–Crippen LogP) is 1.56. The molecule has 1 unspecified atom stereocenters. The number of piperazine rings is 1. The molecule has 1 atom stereocenters. The number of nitrogens with two attached hydrogens (primary N) is 1. The first kappa shape index (κ1) is 22.6. The molecule has 0 saturated carbocycles. The first-order chi connectivity index (χ1) is 15.6. The lowest BCUT2D eigenvalue weighted by Gasteiger charge is -2.45. The van der Waals surface area contributed by atoms with Crippen molar-refractivity contribution in [1.29, 1.82) is 5.26 Å². The average molecular weight is 466 g/mol. The summed E-state index contributed by atoms with van der Waals surface area (Å²) >= 11 is -1.37. The third kappa shape index (κ3) is 3.57. The van der Waals surface area contributed by atoms with Crippen molar-refractivity contribution < 1.29 is 14.1 Å². The molecule has 0 spiro atoms. The average Bonchev–Trinajstić information content (AvgIpc) is 3.15. The number of carbonyl (C=O) groups is 2. The van der Waals surface area contributed by atoms with Gasteiger partial charge < -0.3 is 20.1 Å². The summed E-state index contributed by atoms with van der Waals surface area (Å²) in [6, 6.07) is 8.99. The minimum atomic E-state index is -1.37. The number of hydrogen-bond donors (Lipinski definition) is 1. The summed E-state index contributed by atoms with van der Waals surface area (Å²) in [6.45, 7) is 5.47. The van der Waals surface area contributed by atoms with Crippen molar-refractivity contribution in [3.8, 4) is 17.3 Å². The maximum absolute atomic E-state index is 13.4. The summed E-state index contributed by atoms with van der Waals surface area (Å²) in [7, 11) is 0. The number of nitriles is 1. The van der Waals surface area contributed by atoms with E-state index in [1.807, 2.05) is 0 Å². The fourth-order valence-corrected chi connectivity index (χ4v) is 5.02. The zero-order valence-corrected chi connectivity index (χ0v) is 19.5. The summed E-state index contributed by atoms with van der Waals surface area (Å²) in [5.74, 6) is -0.268. The number of nitrogens with zero attached hydrogens (tertiary/aromatic N) is 6. The summed E-state index contributed by atoms with van der Waals surface area (Å²) in [6.07, 6.45) is 2.85. The topological polar surface area (TPSA) is 144 Å². The van der Waals surface area contributed by atoms with Crippen LogP contribution in [0, 0.1) is 11.3 Å². The van der Waals surface area contributed by atoms with E-state index in [4.69, 9.17) is 5.73 Å². The normalized spacial score (nSPS) is 16.7. The van der Waals surface area contributed by atoms with E-state index >= 15 is 0 Å². The molecule has 3 aromatic rings. The second kappa shape index (κ2) is 8.06. The second-order valence-electron chi connectivity index (χ2n) is 8.28. The molecular weight excluding hydrogens is 442 g/mol. The van der Waals surface area contributed by atoms with Gasteiger partial charge in [-0.3, -0.25) is 9.59 Å². The van der Waals surface area contributed by atoms with Crippen LogP contribution in [0.5, 0.6) is 0 Å². The molecule has 0 radical (unpaired) electrons. The van der Waals surface area contributed by atoms with Gasteiger partial charge in [0, 0.05) is 25.6 Å². The summed E-state index contributed by atoms with van der Waals surface area (Å²) < 4.78 is 14.1. The van der Waals surface area contributed by atoms with Gasteiger partial charge >= 0.3 is 0 Å². The van der Waals surface area contributed by atoms with Gasteiger partial charge in [0.2, 0.25) is 5.91 Å². The van der Waals surface area contributed by atoms with Crippen molar-refractivity contribution in [2.24, 2.45) is 0 Å². The summed E-state index contributed by atoms with van der Waals surface area (Å²) in [5, 5.41) is 13.8. The van der Waals surface area contributed by atoms with E-state index in [0.29, 0.717) is 39.5 Å². The molecule has 33 heavy (non-hydrogen) atoms. The molecule has 4 rings (SSSR count). The number of rotatable bonds is 3. The molecular formula is C22H23N7O3S. The Morgan fingerprint density at radius 3 is 2.67 bits per heavy atom. The van der Waals surface area contributed by atoms with Gasteiger partial charge in [-0.2, -0.15) is 10.4 Å². The molecule has 3 heterocycles. The SMILES string of the molecule is CC(=O)N1CCN(c2cc(-c3cc(C#N)c4c(N)ncnn34)ccc2[S+](C)[O-])C(=O)C1(C)C. The molecule has 10 nitrogen and oxygen atoms in total. The molecule has 11 heteroatoms. The number of aromatic nitrogens is 3. The standard InChI is InChI=1S/C22H23N7O3S/c1-13(30)28-8-7-27(21(31)22(28,2)3)17-9-14(5-6-18(17)33(4)32)16-10-15(11-23)19-20(24)25-12-26-29(16)19/h5-6,9-10,12H,7-8H2,1-4H3,(H2,24,25,26). The van der Waals surface area contributed by atoms with Crippen LogP contribution < -0.4 is 10.6 Å². The molecule has 1 fully saturated rings. The molecule has 0 aliphatic carbocycles. The van der Waals surface area contributed by atoms with E-state index in [9.17, 15) is 19.4 Å². The Kier molecular flexibility index (Phi) is 5.51. The first-order valence-electron chi connectivity index (χ1n) is 10.2. The van der Waals surface area contributed by atoms with Crippen LogP contribution in [0.15, 0.2) is 35.5 Å². The first-order valence-corrected chi connectivity index (χ1v) is 11.7. The number of amides is 2. The van der Waals surface area contributed by atoms with Crippen molar-refractivity contribution in [1.82, 2.24) is 19.5 Å². The predicted molar refractivity (Wildman–Crippen MR) is 124 cm³/mol. The Labute approximate surface area is 193 Å². The number of fused-ring (bicyclic) bond motifs is 1. The number of hydrogen-bond acceptors (Lipinski definition) is 7. The van der Waals surface area contributed by atoms with Crippen LogP contribution >= 0.6 is 0 Å². The maximum atomic E-state index is 13.4. The van der Waals surface area contributed by atoms with E-state index in [1.165, 1.54) is 22.7 Å². The lowest BCUT2D eigenvalue weighted by molar-refractivity contribution is -0.145. The fraction of sp³-hybridized carbons (Fsp3) is 0.318. The smallest absolute Gasteiger partial charge is 0.252 e. The van der Waals surface area contributed by atoms with Gasteiger partial charge in [-0.25, -0.2) is 9.50 Å². The Balaban J connectivity index is 1.88. The van der Waals surface area contributed by atoms with E-state index in [2.05, 4.69) is 16.2 Å². The number of anilines is 2. The van der Waals surface area contributed by atoms with Gasteiger partial charge in [0.1, 0.15) is 35.4 Å². The summed E-state index contributed by atoms with van der Waals surface area (Å²) in [4.78, 5) is 33.1. The number of nitrogen functional groups attached to an aromatic ring is 1. The van der Waals surface area contributed by atoms with Crippen LogP contribution in [-0.2, 0) is 20.8 Å². The van der Waals surface area contributed by atoms with Gasteiger partial charge in [0.05, 0.1) is 11.3 Å². The Hall–Kier alpha value is -3.62. The van der Waals surface area contributed by atoms with Gasteiger partial charge in [0.25, 0.3) is 5.91 Å². The zero-order chi connectivity index (χ0) is 24.1. The van der Waals surface area contributed by atoms with Crippen molar-refractivity contribution in [3.63, 3.8) is 0 Å². The van der Waals surface area contributed by atoms with Gasteiger partial charge in [0.15, 0.2) is 10.7 Å². The van der Waals surface area contributed by atoms with Crippen LogP contribution in [0.4, 0.5) is 11.5 Å². The molecule has 1 saturated heterocycles. The molecule has 0 bridgehead atoms. The minimum Gasteiger partial charge on any atom is -0.612 e. The summed E-state index contributed by atoms with van der Waals surface area (Å²) in [5.41, 5.74) is 7.37. The van der Waals surface area contributed by atoms with Crippen LogP contribution in [0.2, 0.25) is 0 Å². The van der Waals surface area contributed by atoms with Crippen molar-refractivity contribution >= 4 is 40.0 Å². The fourth-order valence-electron chi connectivity index (χ4n) is 4.30. The quantitative estimate of drug-likeness (QED) is 0.578. The lowest BCUT2D eigenvalue weighted by atomic mass is 9.96.